The molecule has 2 aromatic rings. The number of aryl methyl sites for hydroxylation is 1. The summed E-state index contributed by atoms with van der Waals surface area (Å²) in [7, 11) is 0. The molecule has 1 aromatic carbocycles. The summed E-state index contributed by atoms with van der Waals surface area (Å²) >= 11 is 0. The molecular weight excluding hydrogens is 217 g/mol. The first-order valence-corrected chi connectivity index (χ1v) is 5.83. The predicted octanol–water partition coefficient (Wildman–Crippen LogP) is 2.71. The third-order valence-corrected chi connectivity index (χ3v) is 3.64. The van der Waals surface area contributed by atoms with Crippen molar-refractivity contribution in [2.45, 2.75) is 25.2 Å². The Morgan fingerprint density at radius 2 is 2.12 bits per heavy atom. The van der Waals surface area contributed by atoms with Gasteiger partial charge < -0.3 is 5.11 Å². The zero-order valence-corrected chi connectivity index (χ0v) is 9.70. The molecule has 0 amide bonds. The molecule has 1 aromatic heterocycles. The Labute approximate surface area is 99.1 Å². The quantitative estimate of drug-likeness (QED) is 0.862. The van der Waals surface area contributed by atoms with Gasteiger partial charge in [0.05, 0.1) is 12.1 Å². The van der Waals surface area contributed by atoms with E-state index < -0.39 is 0 Å². The molecule has 1 saturated carbocycles. The first kappa shape index (κ1) is 10.7. The summed E-state index contributed by atoms with van der Waals surface area (Å²) in [6.45, 7) is 1.93. The van der Waals surface area contributed by atoms with Crippen LogP contribution in [0.3, 0.4) is 0 Å². The van der Waals surface area contributed by atoms with Gasteiger partial charge in [-0.2, -0.15) is 0 Å². The van der Waals surface area contributed by atoms with Gasteiger partial charge in [0.2, 0.25) is 0 Å². The number of aromatic nitrogens is 1. The molecule has 2 nitrogen and oxygen atoms in total. The molecule has 1 N–H and O–H groups in total. The van der Waals surface area contributed by atoms with E-state index in [1.807, 2.05) is 19.1 Å². The second kappa shape index (κ2) is 3.50. The zero-order valence-electron chi connectivity index (χ0n) is 9.70. The van der Waals surface area contributed by atoms with Crippen LogP contribution >= 0.6 is 0 Å². The lowest BCUT2D eigenvalue weighted by molar-refractivity contribution is 0.252. The minimum absolute atomic E-state index is 0.0151. The Morgan fingerprint density at radius 3 is 2.76 bits per heavy atom. The fourth-order valence-electron chi connectivity index (χ4n) is 2.32. The predicted molar refractivity (Wildman–Crippen MR) is 64.4 cm³/mol. The van der Waals surface area contributed by atoms with E-state index in [2.05, 4.69) is 4.98 Å². The van der Waals surface area contributed by atoms with Crippen LogP contribution in [0.1, 0.15) is 24.1 Å². The van der Waals surface area contributed by atoms with Crippen LogP contribution in [0, 0.1) is 12.7 Å². The number of nitrogens with zero attached hydrogens (tertiary/aromatic N) is 1. The maximum atomic E-state index is 14.0. The average molecular weight is 231 g/mol. The van der Waals surface area contributed by atoms with Gasteiger partial charge in [-0.3, -0.25) is 4.98 Å². The minimum atomic E-state index is -0.344. The van der Waals surface area contributed by atoms with Crippen molar-refractivity contribution in [3.05, 3.63) is 41.3 Å². The van der Waals surface area contributed by atoms with Gasteiger partial charge >= 0.3 is 0 Å². The molecule has 1 aliphatic rings. The lowest BCUT2D eigenvalue weighted by atomic mass is 9.95. The average Bonchev–Trinajstić information content (AvgIpc) is 3.10. The van der Waals surface area contributed by atoms with E-state index in [4.69, 9.17) is 0 Å². The van der Waals surface area contributed by atoms with Gasteiger partial charge in [-0.1, -0.05) is 6.07 Å². The van der Waals surface area contributed by atoms with Crippen LogP contribution in [0.4, 0.5) is 4.39 Å². The normalized spacial score (nSPS) is 17.4. The van der Waals surface area contributed by atoms with E-state index >= 15 is 0 Å². The molecule has 0 aliphatic heterocycles. The molecule has 88 valence electrons. The minimum Gasteiger partial charge on any atom is -0.395 e. The van der Waals surface area contributed by atoms with Crippen molar-refractivity contribution < 1.29 is 9.50 Å². The number of aliphatic hydroxyl groups is 1. The summed E-state index contributed by atoms with van der Waals surface area (Å²) < 4.78 is 14.0. The van der Waals surface area contributed by atoms with Gasteiger partial charge in [-0.05, 0) is 43.5 Å². The second-order valence-corrected chi connectivity index (χ2v) is 4.92. The van der Waals surface area contributed by atoms with Crippen molar-refractivity contribution in [3.8, 4) is 0 Å². The third kappa shape index (κ3) is 1.62. The molecule has 0 atom stereocenters. The fraction of sp³-hybridized carbons (Fsp3) is 0.357. The lowest BCUT2D eigenvalue weighted by Gasteiger charge is -2.14. The first-order chi connectivity index (χ1) is 8.14. The van der Waals surface area contributed by atoms with Crippen molar-refractivity contribution >= 4 is 10.9 Å². The fourth-order valence-corrected chi connectivity index (χ4v) is 2.32. The highest BCUT2D eigenvalue weighted by molar-refractivity contribution is 5.80. The number of hydrogen-bond acceptors (Lipinski definition) is 2. The van der Waals surface area contributed by atoms with Crippen molar-refractivity contribution in [3.63, 3.8) is 0 Å². The Morgan fingerprint density at radius 1 is 1.35 bits per heavy atom. The van der Waals surface area contributed by atoms with E-state index in [1.165, 1.54) is 6.07 Å². The first-order valence-electron chi connectivity index (χ1n) is 5.83. The molecule has 3 rings (SSSR count). The summed E-state index contributed by atoms with van der Waals surface area (Å²) in [5.74, 6) is -0.227. The lowest BCUT2D eigenvalue weighted by Crippen LogP contribution is -2.14. The summed E-state index contributed by atoms with van der Waals surface area (Å²) in [6.07, 6.45) is 1.72. The van der Waals surface area contributed by atoms with Crippen molar-refractivity contribution in [1.29, 1.82) is 0 Å². The maximum Gasteiger partial charge on any atom is 0.127 e. The van der Waals surface area contributed by atoms with Crippen LogP contribution in [-0.2, 0) is 5.41 Å². The van der Waals surface area contributed by atoms with E-state index in [0.717, 1.165) is 29.4 Å². The van der Waals surface area contributed by atoms with Gasteiger partial charge in [-0.25, -0.2) is 4.39 Å². The highest BCUT2D eigenvalue weighted by Gasteiger charge is 2.45. The molecule has 0 bridgehead atoms. The standard InChI is InChI=1S/C14H14FNO/c1-9-2-3-10-6-12(15)11(7-13(10)16-9)14(8-17)4-5-14/h2-3,6-7,17H,4-5,8H2,1H3. The van der Waals surface area contributed by atoms with Gasteiger partial charge in [0.1, 0.15) is 5.82 Å². The molecule has 0 spiro atoms. The molecule has 0 saturated heterocycles. The summed E-state index contributed by atoms with van der Waals surface area (Å²) in [5, 5.41) is 10.2. The topological polar surface area (TPSA) is 33.1 Å². The van der Waals surface area contributed by atoms with E-state index in [0.29, 0.717) is 5.56 Å². The van der Waals surface area contributed by atoms with Crippen LogP contribution < -0.4 is 0 Å². The SMILES string of the molecule is Cc1ccc2cc(F)c(C3(CO)CC3)cc2n1. The monoisotopic (exact) mass is 231 g/mol. The molecule has 1 heterocycles. The second-order valence-electron chi connectivity index (χ2n) is 4.92. The molecule has 0 unspecified atom stereocenters. The highest BCUT2D eigenvalue weighted by atomic mass is 19.1. The van der Waals surface area contributed by atoms with Crippen molar-refractivity contribution in [1.82, 2.24) is 4.98 Å². The van der Waals surface area contributed by atoms with Crippen LogP contribution in [0.2, 0.25) is 0 Å². The molecule has 17 heavy (non-hydrogen) atoms. The summed E-state index contributed by atoms with van der Waals surface area (Å²) in [4.78, 5) is 4.40. The van der Waals surface area contributed by atoms with Crippen molar-refractivity contribution in [2.24, 2.45) is 0 Å². The van der Waals surface area contributed by atoms with E-state index in [-0.39, 0.29) is 17.8 Å². The van der Waals surface area contributed by atoms with Gasteiger partial charge in [0.25, 0.3) is 0 Å². The van der Waals surface area contributed by atoms with E-state index in [9.17, 15) is 9.50 Å². The Bertz CT molecular complexity index is 590. The number of rotatable bonds is 2. The molecule has 0 radical (unpaired) electrons. The largest absolute Gasteiger partial charge is 0.395 e. The number of fused-ring (bicyclic) bond motifs is 1. The highest BCUT2D eigenvalue weighted by Crippen LogP contribution is 2.49. The third-order valence-electron chi connectivity index (χ3n) is 3.64. The van der Waals surface area contributed by atoms with E-state index in [1.54, 1.807) is 6.07 Å². The zero-order chi connectivity index (χ0) is 12.0. The number of pyridine rings is 1. The van der Waals surface area contributed by atoms with Crippen LogP contribution in [0.15, 0.2) is 24.3 Å². The molecule has 3 heteroatoms. The molecular formula is C14H14FNO. The van der Waals surface area contributed by atoms with Gasteiger partial charge in [0.15, 0.2) is 0 Å². The summed E-state index contributed by atoms with van der Waals surface area (Å²) in [5.41, 5.74) is 2.00. The number of benzene rings is 1. The number of aliphatic hydroxyl groups excluding tert-OH is 1. The molecule has 1 aliphatic carbocycles. The van der Waals surface area contributed by atoms with Crippen LogP contribution in [0.5, 0.6) is 0 Å². The van der Waals surface area contributed by atoms with Gasteiger partial charge in [0, 0.05) is 16.5 Å². The van der Waals surface area contributed by atoms with Crippen LogP contribution in [-0.4, -0.2) is 16.7 Å². The molecule has 1 fully saturated rings. The Hall–Kier alpha value is -1.48. The maximum absolute atomic E-state index is 14.0. The Balaban J connectivity index is 2.22. The van der Waals surface area contributed by atoms with Gasteiger partial charge in [-0.15, -0.1) is 0 Å². The number of halogens is 1. The Kier molecular flexibility index (Phi) is 2.20. The smallest absolute Gasteiger partial charge is 0.127 e. The summed E-state index contributed by atoms with van der Waals surface area (Å²) in [6, 6.07) is 7.07. The number of hydrogen-bond donors (Lipinski definition) is 1. The van der Waals surface area contributed by atoms with Crippen molar-refractivity contribution in [2.75, 3.05) is 6.61 Å². The van der Waals surface area contributed by atoms with Crippen LogP contribution in [0.25, 0.3) is 10.9 Å².